The van der Waals surface area contributed by atoms with Crippen LogP contribution in [0.5, 0.6) is 5.75 Å². The molecule has 1 aromatic heterocycles. The molecule has 0 saturated carbocycles. The van der Waals surface area contributed by atoms with Gasteiger partial charge in [-0.15, -0.1) is 10.2 Å². The van der Waals surface area contributed by atoms with Crippen molar-refractivity contribution in [1.29, 1.82) is 0 Å². The molecule has 2 aromatic carbocycles. The molecule has 0 aliphatic carbocycles. The van der Waals surface area contributed by atoms with Crippen LogP contribution in [0.2, 0.25) is 5.02 Å². The van der Waals surface area contributed by atoms with Gasteiger partial charge in [0.2, 0.25) is 0 Å². The Morgan fingerprint density at radius 1 is 1.19 bits per heavy atom. The lowest BCUT2D eigenvalue weighted by Crippen LogP contribution is -2.48. The number of halogens is 1. The van der Waals surface area contributed by atoms with Crippen molar-refractivity contribution in [2.75, 3.05) is 13.7 Å². The van der Waals surface area contributed by atoms with Gasteiger partial charge in [0.25, 0.3) is 0 Å². The molecule has 31 heavy (non-hydrogen) atoms. The minimum atomic E-state index is -1.18. The Labute approximate surface area is 185 Å². The van der Waals surface area contributed by atoms with Crippen molar-refractivity contribution in [2.45, 2.75) is 26.4 Å². The molecule has 1 aliphatic heterocycles. The van der Waals surface area contributed by atoms with Gasteiger partial charge < -0.3 is 15.4 Å². The number of aliphatic imine (C=N–C) groups is 1. The van der Waals surface area contributed by atoms with Crippen LogP contribution in [0.3, 0.4) is 0 Å². The van der Waals surface area contributed by atoms with Gasteiger partial charge >= 0.3 is 6.03 Å². The lowest BCUT2D eigenvalue weighted by atomic mass is 10.00. The van der Waals surface area contributed by atoms with Gasteiger partial charge in [0.05, 0.1) is 18.5 Å². The van der Waals surface area contributed by atoms with Gasteiger partial charge in [-0.25, -0.2) is 9.79 Å². The Morgan fingerprint density at radius 3 is 2.61 bits per heavy atom. The summed E-state index contributed by atoms with van der Waals surface area (Å²) in [5.74, 6) is 1.87. The lowest BCUT2D eigenvalue weighted by molar-refractivity contribution is 0.227. The fourth-order valence-corrected chi connectivity index (χ4v) is 3.79. The summed E-state index contributed by atoms with van der Waals surface area (Å²) in [6, 6.07) is 12.8. The molecule has 4 rings (SSSR count). The zero-order valence-corrected chi connectivity index (χ0v) is 18.5. The third-order valence-corrected chi connectivity index (χ3v) is 5.36. The maximum Gasteiger partial charge on any atom is 0.317 e. The van der Waals surface area contributed by atoms with E-state index >= 15 is 0 Å². The van der Waals surface area contributed by atoms with Crippen LogP contribution in [0.25, 0.3) is 5.69 Å². The fraction of sp³-hybridized carbons (Fsp3) is 0.273. The Balaban J connectivity index is 2.02. The standard InChI is InChI=1S/C22H23ClN6O2/c1-5-24-21(30)26-22(3)20-28-27-13(2)29(20)18-11-10-16(31-4)12-17(18)19(25-22)14-6-8-15(23)9-7-14/h6-12H,5H2,1-4H3,(H2,24,26,30). The van der Waals surface area contributed by atoms with Gasteiger partial charge in [-0.2, -0.15) is 0 Å². The maximum absolute atomic E-state index is 12.5. The van der Waals surface area contributed by atoms with Crippen molar-refractivity contribution in [1.82, 2.24) is 25.4 Å². The molecule has 1 atom stereocenters. The first-order chi connectivity index (χ1) is 14.9. The SMILES string of the molecule is CCNC(=O)NC1(C)N=C(c2ccc(Cl)cc2)c2cc(OC)ccc2-n2c(C)nnc21. The Kier molecular flexibility index (Phi) is 5.41. The average molecular weight is 439 g/mol. The number of hydrogen-bond acceptors (Lipinski definition) is 5. The van der Waals surface area contributed by atoms with E-state index in [4.69, 9.17) is 21.3 Å². The van der Waals surface area contributed by atoms with Crippen LogP contribution in [0, 0.1) is 6.92 Å². The van der Waals surface area contributed by atoms with E-state index in [2.05, 4.69) is 20.8 Å². The summed E-state index contributed by atoms with van der Waals surface area (Å²) < 4.78 is 7.39. The van der Waals surface area contributed by atoms with E-state index in [1.165, 1.54) is 0 Å². The molecule has 3 aromatic rings. The molecular formula is C22H23ClN6O2. The summed E-state index contributed by atoms with van der Waals surface area (Å²) in [5, 5.41) is 15.0. The molecule has 9 heteroatoms. The van der Waals surface area contributed by atoms with Crippen molar-refractivity contribution in [3.63, 3.8) is 0 Å². The summed E-state index contributed by atoms with van der Waals surface area (Å²) in [6.07, 6.45) is 0. The van der Waals surface area contributed by atoms with Crippen LogP contribution in [0.4, 0.5) is 4.79 Å². The number of benzene rings is 2. The first kappa shape index (κ1) is 20.9. The van der Waals surface area contributed by atoms with Crippen LogP contribution in [-0.4, -0.2) is 40.2 Å². The van der Waals surface area contributed by atoms with Gasteiger partial charge in [-0.1, -0.05) is 23.7 Å². The summed E-state index contributed by atoms with van der Waals surface area (Å²) in [7, 11) is 1.62. The predicted molar refractivity (Wildman–Crippen MR) is 119 cm³/mol. The number of ether oxygens (including phenoxy) is 1. The van der Waals surface area contributed by atoms with Crippen molar-refractivity contribution in [3.05, 3.63) is 70.3 Å². The monoisotopic (exact) mass is 438 g/mol. The van der Waals surface area contributed by atoms with E-state index < -0.39 is 5.66 Å². The van der Waals surface area contributed by atoms with Crippen molar-refractivity contribution in [2.24, 2.45) is 4.99 Å². The number of rotatable bonds is 4. The van der Waals surface area contributed by atoms with E-state index in [9.17, 15) is 4.79 Å². The first-order valence-electron chi connectivity index (χ1n) is 9.89. The zero-order valence-electron chi connectivity index (χ0n) is 17.7. The van der Waals surface area contributed by atoms with Gasteiger partial charge in [-0.05, 0) is 51.1 Å². The van der Waals surface area contributed by atoms with Gasteiger partial charge in [0.15, 0.2) is 11.5 Å². The second-order valence-corrected chi connectivity index (χ2v) is 7.75. The highest BCUT2D eigenvalue weighted by Crippen LogP contribution is 2.35. The number of carbonyl (C=O) groups excluding carboxylic acids is 1. The second kappa shape index (κ2) is 8.03. The average Bonchev–Trinajstić information content (AvgIpc) is 3.10. The topological polar surface area (TPSA) is 93.4 Å². The molecule has 1 unspecified atom stereocenters. The number of methoxy groups -OCH3 is 1. The molecule has 0 radical (unpaired) electrons. The van der Waals surface area contributed by atoms with Crippen molar-refractivity contribution >= 4 is 23.3 Å². The number of fused-ring (bicyclic) bond motifs is 3. The predicted octanol–water partition coefficient (Wildman–Crippen LogP) is 3.58. The number of nitrogens with one attached hydrogen (secondary N) is 2. The normalized spacial score (nSPS) is 17.1. The second-order valence-electron chi connectivity index (χ2n) is 7.31. The van der Waals surface area contributed by atoms with E-state index in [0.717, 1.165) is 16.8 Å². The van der Waals surface area contributed by atoms with Gasteiger partial charge in [-0.3, -0.25) is 4.57 Å². The molecule has 0 saturated heterocycles. The number of amides is 2. The van der Waals surface area contributed by atoms with Crippen LogP contribution >= 0.6 is 11.6 Å². The molecule has 1 aliphatic rings. The van der Waals surface area contributed by atoms with Crippen LogP contribution in [-0.2, 0) is 5.66 Å². The first-order valence-corrected chi connectivity index (χ1v) is 10.3. The number of urea groups is 1. The highest BCUT2D eigenvalue weighted by molar-refractivity contribution is 6.30. The summed E-state index contributed by atoms with van der Waals surface area (Å²) in [6.45, 7) is 6.01. The van der Waals surface area contributed by atoms with Crippen LogP contribution in [0.15, 0.2) is 47.5 Å². The summed E-state index contributed by atoms with van der Waals surface area (Å²) in [5.41, 5.74) is 2.01. The minimum Gasteiger partial charge on any atom is -0.497 e. The highest BCUT2D eigenvalue weighted by Gasteiger charge is 2.38. The lowest BCUT2D eigenvalue weighted by Gasteiger charge is -2.25. The smallest absolute Gasteiger partial charge is 0.317 e. The van der Waals surface area contributed by atoms with Crippen molar-refractivity contribution in [3.8, 4) is 11.4 Å². The molecule has 2 heterocycles. The number of carbonyl (C=O) groups is 1. The third kappa shape index (κ3) is 3.74. The van der Waals surface area contributed by atoms with E-state index in [1.54, 1.807) is 14.0 Å². The number of nitrogens with zero attached hydrogens (tertiary/aromatic N) is 4. The molecule has 160 valence electrons. The summed E-state index contributed by atoms with van der Waals surface area (Å²) in [4.78, 5) is 17.5. The number of aryl methyl sites for hydroxylation is 1. The van der Waals surface area contributed by atoms with Gasteiger partial charge in [0.1, 0.15) is 11.6 Å². The van der Waals surface area contributed by atoms with E-state index in [-0.39, 0.29) is 6.03 Å². The molecular weight excluding hydrogens is 416 g/mol. The molecule has 0 fully saturated rings. The zero-order chi connectivity index (χ0) is 22.2. The molecule has 8 nitrogen and oxygen atoms in total. The molecule has 2 N–H and O–H groups in total. The van der Waals surface area contributed by atoms with E-state index in [0.29, 0.717) is 34.7 Å². The quantitative estimate of drug-likeness (QED) is 0.651. The van der Waals surface area contributed by atoms with Gasteiger partial charge in [0, 0.05) is 22.7 Å². The Morgan fingerprint density at radius 2 is 1.94 bits per heavy atom. The van der Waals surface area contributed by atoms with Crippen LogP contribution < -0.4 is 15.4 Å². The molecule has 2 amide bonds. The Hall–Kier alpha value is -3.39. The van der Waals surface area contributed by atoms with E-state index in [1.807, 2.05) is 60.9 Å². The van der Waals surface area contributed by atoms with Crippen LogP contribution in [0.1, 0.15) is 36.6 Å². The molecule has 0 spiro atoms. The van der Waals surface area contributed by atoms with Crippen molar-refractivity contribution < 1.29 is 9.53 Å². The summed E-state index contributed by atoms with van der Waals surface area (Å²) >= 11 is 6.12. The number of aromatic nitrogens is 3. The molecule has 0 bridgehead atoms. The fourth-order valence-electron chi connectivity index (χ4n) is 3.66. The largest absolute Gasteiger partial charge is 0.497 e. The minimum absolute atomic E-state index is 0.347. The maximum atomic E-state index is 12.5. The number of hydrogen-bond donors (Lipinski definition) is 2. The Bertz CT molecular complexity index is 1170. The highest BCUT2D eigenvalue weighted by atomic mass is 35.5. The third-order valence-electron chi connectivity index (χ3n) is 5.11.